The number of alkyl carbamates (subject to hydrolysis) is 1. The Morgan fingerprint density at radius 2 is 1.32 bits per heavy atom. The second-order valence-corrected chi connectivity index (χ2v) is 12.3. The lowest BCUT2D eigenvalue weighted by molar-refractivity contribution is -0.146. The van der Waals surface area contributed by atoms with Crippen LogP contribution in [0.5, 0.6) is 0 Å². The van der Waals surface area contributed by atoms with Crippen molar-refractivity contribution in [2.45, 2.75) is 85.0 Å². The molecule has 7 heteroatoms. The smallest absolute Gasteiger partial charge is 0.408 e. The molecule has 2 unspecified atom stereocenters. The van der Waals surface area contributed by atoms with Gasteiger partial charge in [-0.2, -0.15) is 0 Å². The predicted molar refractivity (Wildman–Crippen MR) is 164 cm³/mol. The monoisotopic (exact) mass is 557 g/mol. The molecule has 0 saturated carbocycles. The first-order valence-corrected chi connectivity index (χ1v) is 14.0. The molecule has 0 aliphatic rings. The summed E-state index contributed by atoms with van der Waals surface area (Å²) in [5.74, 6) is -0.731. The summed E-state index contributed by atoms with van der Waals surface area (Å²) in [7, 11) is 0. The molecule has 0 heterocycles. The lowest BCUT2D eigenvalue weighted by atomic mass is 9.94. The average molecular weight is 558 g/mol. The highest BCUT2D eigenvalue weighted by molar-refractivity contribution is 6.00. The Morgan fingerprint density at radius 3 is 1.83 bits per heavy atom. The summed E-state index contributed by atoms with van der Waals surface area (Å²) in [6.45, 7) is 14.9. The molecule has 0 aliphatic carbocycles. The van der Waals surface area contributed by atoms with Gasteiger partial charge in [-0.05, 0) is 77.6 Å². The SMILES string of the molecule is Cc1cccc(C)c1NC(=O)C(c1ccccc1)N(C(=O)C(Cc1ccccc1)NC(=O)OC(C)(C)C)C(C)(C)C. The van der Waals surface area contributed by atoms with E-state index in [4.69, 9.17) is 4.74 Å². The van der Waals surface area contributed by atoms with Crippen LogP contribution >= 0.6 is 0 Å². The van der Waals surface area contributed by atoms with E-state index in [2.05, 4.69) is 10.6 Å². The third-order valence-corrected chi connectivity index (χ3v) is 6.58. The Balaban J connectivity index is 2.09. The normalized spacial score (nSPS) is 13.1. The number of benzene rings is 3. The number of carbonyl (C=O) groups excluding carboxylic acids is 3. The largest absolute Gasteiger partial charge is 0.444 e. The number of amides is 3. The fraction of sp³-hybridized carbons (Fsp3) is 0.382. The van der Waals surface area contributed by atoms with Crippen LogP contribution in [0.1, 0.15) is 69.8 Å². The minimum Gasteiger partial charge on any atom is -0.444 e. The lowest BCUT2D eigenvalue weighted by Gasteiger charge is -2.43. The van der Waals surface area contributed by atoms with Gasteiger partial charge in [0.05, 0.1) is 0 Å². The first-order chi connectivity index (χ1) is 19.2. The molecule has 3 aromatic carbocycles. The van der Waals surface area contributed by atoms with Crippen LogP contribution in [0.25, 0.3) is 0 Å². The quantitative estimate of drug-likeness (QED) is 0.321. The van der Waals surface area contributed by atoms with E-state index in [0.717, 1.165) is 16.7 Å². The Morgan fingerprint density at radius 1 is 0.780 bits per heavy atom. The number of nitrogens with zero attached hydrogens (tertiary/aromatic N) is 1. The number of carbonyl (C=O) groups is 3. The van der Waals surface area contributed by atoms with Crippen molar-refractivity contribution in [2.75, 3.05) is 5.32 Å². The Labute approximate surface area is 244 Å². The van der Waals surface area contributed by atoms with Gasteiger partial charge in [-0.15, -0.1) is 0 Å². The summed E-state index contributed by atoms with van der Waals surface area (Å²) in [5.41, 5.74) is 2.56. The van der Waals surface area contributed by atoms with Gasteiger partial charge in [-0.25, -0.2) is 4.79 Å². The Kier molecular flexibility index (Phi) is 9.97. The van der Waals surface area contributed by atoms with Crippen molar-refractivity contribution in [3.63, 3.8) is 0 Å². The van der Waals surface area contributed by atoms with E-state index in [0.29, 0.717) is 11.3 Å². The van der Waals surface area contributed by atoms with Gasteiger partial charge in [0.25, 0.3) is 5.91 Å². The van der Waals surface area contributed by atoms with Crippen LogP contribution in [0, 0.1) is 13.8 Å². The third kappa shape index (κ3) is 8.68. The van der Waals surface area contributed by atoms with E-state index in [1.54, 1.807) is 25.7 Å². The molecule has 0 radical (unpaired) electrons. The van der Waals surface area contributed by atoms with Gasteiger partial charge in [0, 0.05) is 17.6 Å². The van der Waals surface area contributed by atoms with E-state index in [1.165, 1.54) is 0 Å². The van der Waals surface area contributed by atoms with E-state index in [-0.39, 0.29) is 12.3 Å². The summed E-state index contributed by atoms with van der Waals surface area (Å²) >= 11 is 0. The standard InChI is InChI=1S/C34H43N3O4/c1-23-16-15-17-24(2)28(23)36-30(38)29(26-20-13-10-14-21-26)37(33(3,4)5)31(39)27(22-25-18-11-9-12-19-25)35-32(40)41-34(6,7)8/h9-21,27,29H,22H2,1-8H3,(H,35,40)(H,36,38). The van der Waals surface area contributed by atoms with Gasteiger partial charge in [0.15, 0.2) is 0 Å². The van der Waals surface area contributed by atoms with Gasteiger partial charge >= 0.3 is 6.09 Å². The second-order valence-electron chi connectivity index (χ2n) is 12.3. The predicted octanol–water partition coefficient (Wildman–Crippen LogP) is 6.75. The number of rotatable bonds is 8. The van der Waals surface area contributed by atoms with E-state index in [9.17, 15) is 14.4 Å². The number of nitrogens with one attached hydrogen (secondary N) is 2. The highest BCUT2D eigenvalue weighted by atomic mass is 16.6. The molecule has 3 amide bonds. The van der Waals surface area contributed by atoms with Crippen molar-refractivity contribution in [3.8, 4) is 0 Å². The van der Waals surface area contributed by atoms with Gasteiger partial charge in [0.1, 0.15) is 17.7 Å². The van der Waals surface area contributed by atoms with Crippen LogP contribution in [0.3, 0.4) is 0 Å². The summed E-state index contributed by atoms with van der Waals surface area (Å²) in [6.07, 6.45) is -0.470. The molecule has 3 rings (SSSR count). The molecule has 0 saturated heterocycles. The number of hydrogen-bond donors (Lipinski definition) is 2. The topological polar surface area (TPSA) is 87.7 Å². The van der Waals surface area contributed by atoms with Crippen LogP contribution in [-0.2, 0) is 20.7 Å². The highest BCUT2D eigenvalue weighted by Gasteiger charge is 2.42. The molecular weight excluding hydrogens is 514 g/mol. The lowest BCUT2D eigenvalue weighted by Crippen LogP contribution is -2.58. The highest BCUT2D eigenvalue weighted by Crippen LogP contribution is 2.32. The molecule has 218 valence electrons. The molecule has 0 spiro atoms. The average Bonchev–Trinajstić information content (AvgIpc) is 2.88. The number of hydrogen-bond acceptors (Lipinski definition) is 4. The Hall–Kier alpha value is -4.13. The molecule has 7 nitrogen and oxygen atoms in total. The zero-order valence-electron chi connectivity index (χ0n) is 25.4. The summed E-state index contributed by atoms with van der Waals surface area (Å²) < 4.78 is 5.52. The van der Waals surface area contributed by atoms with Crippen molar-refractivity contribution in [1.82, 2.24) is 10.2 Å². The van der Waals surface area contributed by atoms with Crippen LogP contribution in [0.15, 0.2) is 78.9 Å². The fourth-order valence-corrected chi connectivity index (χ4v) is 4.77. The summed E-state index contributed by atoms with van der Waals surface area (Å²) in [6, 6.07) is 22.6. The second kappa shape index (κ2) is 13.0. The van der Waals surface area contributed by atoms with E-state index in [1.807, 2.05) is 113 Å². The van der Waals surface area contributed by atoms with Crippen molar-refractivity contribution >= 4 is 23.6 Å². The maximum Gasteiger partial charge on any atom is 0.408 e. The number of ether oxygens (including phenoxy) is 1. The number of aryl methyl sites for hydroxylation is 2. The van der Waals surface area contributed by atoms with Crippen molar-refractivity contribution in [3.05, 3.63) is 101 Å². The van der Waals surface area contributed by atoms with Gasteiger partial charge < -0.3 is 20.3 Å². The van der Waals surface area contributed by atoms with E-state index < -0.39 is 35.2 Å². The third-order valence-electron chi connectivity index (χ3n) is 6.58. The zero-order valence-corrected chi connectivity index (χ0v) is 25.4. The maximum atomic E-state index is 14.6. The minimum atomic E-state index is -0.981. The molecule has 3 aromatic rings. The number of para-hydroxylation sites is 1. The van der Waals surface area contributed by atoms with Crippen LogP contribution in [-0.4, -0.2) is 40.0 Å². The van der Waals surface area contributed by atoms with Crippen molar-refractivity contribution in [1.29, 1.82) is 0 Å². The van der Waals surface area contributed by atoms with Crippen molar-refractivity contribution in [2.24, 2.45) is 0 Å². The molecule has 0 fully saturated rings. The maximum absolute atomic E-state index is 14.6. The molecule has 0 aromatic heterocycles. The van der Waals surface area contributed by atoms with E-state index >= 15 is 0 Å². The first-order valence-electron chi connectivity index (χ1n) is 14.0. The molecule has 2 atom stereocenters. The van der Waals surface area contributed by atoms with Crippen molar-refractivity contribution < 1.29 is 19.1 Å². The molecule has 41 heavy (non-hydrogen) atoms. The van der Waals surface area contributed by atoms with Gasteiger partial charge in [0.2, 0.25) is 5.91 Å². The zero-order chi connectivity index (χ0) is 30.4. The summed E-state index contributed by atoms with van der Waals surface area (Å²) in [5, 5.41) is 5.90. The summed E-state index contributed by atoms with van der Waals surface area (Å²) in [4.78, 5) is 43.3. The first kappa shape index (κ1) is 31.4. The van der Waals surface area contributed by atoms with Gasteiger partial charge in [-0.1, -0.05) is 78.9 Å². The van der Waals surface area contributed by atoms with Gasteiger partial charge in [-0.3, -0.25) is 9.59 Å². The number of anilines is 1. The minimum absolute atomic E-state index is 0.228. The molecule has 0 aliphatic heterocycles. The fourth-order valence-electron chi connectivity index (χ4n) is 4.77. The van der Waals surface area contributed by atoms with Crippen LogP contribution < -0.4 is 10.6 Å². The Bertz CT molecular complexity index is 1320. The van der Waals surface area contributed by atoms with Crippen LogP contribution in [0.4, 0.5) is 10.5 Å². The molecule has 0 bridgehead atoms. The molecule has 2 N–H and O–H groups in total. The van der Waals surface area contributed by atoms with Crippen LogP contribution in [0.2, 0.25) is 0 Å². The molecular formula is C34H43N3O4.